The molecular weight excluding hydrogens is 270 g/mol. The van der Waals surface area contributed by atoms with Gasteiger partial charge in [0, 0.05) is 23.1 Å². The minimum absolute atomic E-state index is 0.116. The predicted octanol–water partition coefficient (Wildman–Crippen LogP) is 2.86. The van der Waals surface area contributed by atoms with E-state index in [0.717, 1.165) is 0 Å². The summed E-state index contributed by atoms with van der Waals surface area (Å²) in [6.07, 6.45) is 3.29. The highest BCUT2D eigenvalue weighted by atomic mass is 35.5. The zero-order chi connectivity index (χ0) is 12.8. The molecule has 92 valence electrons. The van der Waals surface area contributed by atoms with Crippen molar-refractivity contribution in [3.63, 3.8) is 0 Å². The van der Waals surface area contributed by atoms with Crippen LogP contribution in [-0.4, -0.2) is 21.6 Å². The molecule has 2 rings (SSSR count). The van der Waals surface area contributed by atoms with Crippen LogP contribution >= 0.6 is 23.4 Å². The summed E-state index contributed by atoms with van der Waals surface area (Å²) in [5, 5.41) is 3.93. The van der Waals surface area contributed by atoms with Gasteiger partial charge in [0.05, 0.1) is 5.75 Å². The SMILES string of the molecule is O=C(CSc1ncccn1)Nc1cccc(Cl)c1. The van der Waals surface area contributed by atoms with Crippen LogP contribution in [-0.2, 0) is 4.79 Å². The third kappa shape index (κ3) is 4.01. The van der Waals surface area contributed by atoms with Crippen LogP contribution in [0.25, 0.3) is 0 Å². The molecule has 1 aromatic heterocycles. The normalized spacial score (nSPS) is 10.1. The molecular formula is C12H10ClN3OS. The third-order valence-electron chi connectivity index (χ3n) is 1.98. The van der Waals surface area contributed by atoms with E-state index in [0.29, 0.717) is 15.9 Å². The number of carbonyl (C=O) groups excluding carboxylic acids is 1. The molecule has 0 radical (unpaired) electrons. The molecule has 0 aliphatic heterocycles. The summed E-state index contributed by atoms with van der Waals surface area (Å²) in [5.41, 5.74) is 0.682. The van der Waals surface area contributed by atoms with Gasteiger partial charge < -0.3 is 5.32 Å². The van der Waals surface area contributed by atoms with E-state index in [9.17, 15) is 4.79 Å². The average Bonchev–Trinajstić information content (AvgIpc) is 2.38. The van der Waals surface area contributed by atoms with Crippen molar-refractivity contribution >= 4 is 35.0 Å². The molecule has 0 atom stereocenters. The maximum Gasteiger partial charge on any atom is 0.234 e. The number of hydrogen-bond acceptors (Lipinski definition) is 4. The first-order valence-electron chi connectivity index (χ1n) is 5.19. The smallest absolute Gasteiger partial charge is 0.234 e. The van der Waals surface area contributed by atoms with Crippen molar-refractivity contribution in [1.29, 1.82) is 0 Å². The van der Waals surface area contributed by atoms with Gasteiger partial charge in [0.2, 0.25) is 5.91 Å². The second kappa shape index (κ2) is 6.37. The van der Waals surface area contributed by atoms with Gasteiger partial charge in [0.1, 0.15) is 0 Å². The minimum Gasteiger partial charge on any atom is -0.325 e. The highest BCUT2D eigenvalue weighted by molar-refractivity contribution is 7.99. The van der Waals surface area contributed by atoms with Crippen molar-refractivity contribution in [2.75, 3.05) is 11.1 Å². The van der Waals surface area contributed by atoms with Crippen molar-refractivity contribution < 1.29 is 4.79 Å². The van der Waals surface area contributed by atoms with Crippen LogP contribution in [0.5, 0.6) is 0 Å². The monoisotopic (exact) mass is 279 g/mol. The van der Waals surface area contributed by atoms with Crippen LogP contribution in [0, 0.1) is 0 Å². The summed E-state index contributed by atoms with van der Waals surface area (Å²) in [7, 11) is 0. The Morgan fingerprint density at radius 1 is 1.28 bits per heavy atom. The van der Waals surface area contributed by atoms with Gasteiger partial charge in [-0.2, -0.15) is 0 Å². The molecule has 0 aliphatic carbocycles. The topological polar surface area (TPSA) is 54.9 Å². The van der Waals surface area contributed by atoms with Crippen LogP contribution in [0.15, 0.2) is 47.9 Å². The molecule has 6 heteroatoms. The van der Waals surface area contributed by atoms with E-state index in [1.165, 1.54) is 11.8 Å². The number of thioether (sulfide) groups is 1. The first-order valence-corrected chi connectivity index (χ1v) is 6.55. The van der Waals surface area contributed by atoms with Crippen molar-refractivity contribution in [2.24, 2.45) is 0 Å². The highest BCUT2D eigenvalue weighted by Crippen LogP contribution is 2.16. The minimum atomic E-state index is -0.116. The van der Waals surface area contributed by atoms with E-state index in [1.807, 2.05) is 0 Å². The number of amides is 1. The van der Waals surface area contributed by atoms with Crippen LogP contribution in [0.4, 0.5) is 5.69 Å². The van der Waals surface area contributed by atoms with Gasteiger partial charge in [0.25, 0.3) is 0 Å². The molecule has 0 saturated heterocycles. The number of nitrogens with zero attached hydrogens (tertiary/aromatic N) is 2. The Kier molecular flexibility index (Phi) is 4.55. The molecule has 0 spiro atoms. The summed E-state index contributed by atoms with van der Waals surface area (Å²) in [5.74, 6) is 0.144. The fourth-order valence-electron chi connectivity index (χ4n) is 1.25. The summed E-state index contributed by atoms with van der Waals surface area (Å²) in [6.45, 7) is 0. The van der Waals surface area contributed by atoms with Crippen molar-refractivity contribution in [3.05, 3.63) is 47.7 Å². The van der Waals surface area contributed by atoms with E-state index < -0.39 is 0 Å². The average molecular weight is 280 g/mol. The van der Waals surface area contributed by atoms with Gasteiger partial charge in [-0.1, -0.05) is 29.4 Å². The summed E-state index contributed by atoms with van der Waals surface area (Å²) >= 11 is 7.11. The molecule has 1 N–H and O–H groups in total. The molecule has 18 heavy (non-hydrogen) atoms. The number of halogens is 1. The Balaban J connectivity index is 1.86. The van der Waals surface area contributed by atoms with E-state index in [1.54, 1.807) is 42.7 Å². The van der Waals surface area contributed by atoms with Gasteiger partial charge in [-0.15, -0.1) is 0 Å². The molecule has 0 fully saturated rings. The Hall–Kier alpha value is -1.59. The van der Waals surface area contributed by atoms with Crippen LogP contribution < -0.4 is 5.32 Å². The Bertz CT molecular complexity index is 536. The molecule has 0 aliphatic rings. The van der Waals surface area contributed by atoms with E-state index in [2.05, 4.69) is 15.3 Å². The van der Waals surface area contributed by atoms with E-state index in [-0.39, 0.29) is 11.7 Å². The molecule has 4 nitrogen and oxygen atoms in total. The zero-order valence-electron chi connectivity index (χ0n) is 9.34. The van der Waals surface area contributed by atoms with Crippen molar-refractivity contribution in [1.82, 2.24) is 9.97 Å². The fraction of sp³-hybridized carbons (Fsp3) is 0.0833. The molecule has 1 heterocycles. The number of benzene rings is 1. The van der Waals surface area contributed by atoms with Gasteiger partial charge >= 0.3 is 0 Å². The lowest BCUT2D eigenvalue weighted by atomic mass is 10.3. The molecule has 0 saturated carbocycles. The lowest BCUT2D eigenvalue weighted by Gasteiger charge is -2.04. The van der Waals surface area contributed by atoms with Gasteiger partial charge in [-0.3, -0.25) is 4.79 Å². The predicted molar refractivity (Wildman–Crippen MR) is 72.8 cm³/mol. The fourth-order valence-corrected chi connectivity index (χ4v) is 2.05. The standard InChI is InChI=1S/C12H10ClN3OS/c13-9-3-1-4-10(7-9)16-11(17)8-18-12-14-5-2-6-15-12/h1-7H,8H2,(H,16,17). The zero-order valence-corrected chi connectivity index (χ0v) is 10.9. The summed E-state index contributed by atoms with van der Waals surface area (Å²) < 4.78 is 0. The van der Waals surface area contributed by atoms with Crippen molar-refractivity contribution in [2.45, 2.75) is 5.16 Å². The third-order valence-corrected chi connectivity index (χ3v) is 3.09. The lowest BCUT2D eigenvalue weighted by molar-refractivity contribution is -0.113. The molecule has 0 unspecified atom stereocenters. The molecule has 0 bridgehead atoms. The number of anilines is 1. The van der Waals surface area contributed by atoms with E-state index >= 15 is 0 Å². The number of nitrogens with one attached hydrogen (secondary N) is 1. The Morgan fingerprint density at radius 2 is 2.06 bits per heavy atom. The van der Waals surface area contributed by atoms with Crippen LogP contribution in [0.1, 0.15) is 0 Å². The highest BCUT2D eigenvalue weighted by Gasteiger charge is 2.05. The Morgan fingerprint density at radius 3 is 2.78 bits per heavy atom. The van der Waals surface area contributed by atoms with Crippen molar-refractivity contribution in [3.8, 4) is 0 Å². The second-order valence-electron chi connectivity index (χ2n) is 3.38. The largest absolute Gasteiger partial charge is 0.325 e. The molecule has 2 aromatic rings. The van der Waals surface area contributed by atoms with Crippen LogP contribution in [0.3, 0.4) is 0 Å². The molecule has 1 amide bonds. The number of aromatic nitrogens is 2. The second-order valence-corrected chi connectivity index (χ2v) is 4.76. The summed E-state index contributed by atoms with van der Waals surface area (Å²) in [4.78, 5) is 19.7. The first kappa shape index (κ1) is 12.9. The maximum atomic E-state index is 11.7. The quantitative estimate of drug-likeness (QED) is 0.691. The number of hydrogen-bond donors (Lipinski definition) is 1. The first-order chi connectivity index (χ1) is 8.74. The van der Waals surface area contributed by atoms with Gasteiger partial charge in [0.15, 0.2) is 5.16 Å². The number of rotatable bonds is 4. The van der Waals surface area contributed by atoms with Gasteiger partial charge in [-0.05, 0) is 24.3 Å². The van der Waals surface area contributed by atoms with Gasteiger partial charge in [-0.25, -0.2) is 9.97 Å². The lowest BCUT2D eigenvalue weighted by Crippen LogP contribution is -2.14. The maximum absolute atomic E-state index is 11.7. The Labute approximate surface area is 114 Å². The summed E-state index contributed by atoms with van der Waals surface area (Å²) in [6, 6.07) is 8.75. The molecule has 1 aromatic carbocycles. The number of carbonyl (C=O) groups is 1. The van der Waals surface area contributed by atoms with E-state index in [4.69, 9.17) is 11.6 Å². The van der Waals surface area contributed by atoms with Crippen LogP contribution in [0.2, 0.25) is 5.02 Å².